The van der Waals surface area contributed by atoms with Gasteiger partial charge in [0.1, 0.15) is 17.2 Å². The van der Waals surface area contributed by atoms with Crippen molar-refractivity contribution in [3.63, 3.8) is 0 Å². The van der Waals surface area contributed by atoms with E-state index in [-0.39, 0.29) is 5.75 Å². The molecule has 0 aliphatic rings. The van der Waals surface area contributed by atoms with E-state index in [0.717, 1.165) is 22.1 Å². The standard InChI is InChI=1S/C18H16N2O2/c1-12-9-14(11-15(10-12)22-2)19-20-18-16-6-4-3-5-13(16)7-8-17(18)21/h3-11,21H,1-2H3. The van der Waals surface area contributed by atoms with Crippen LogP contribution in [0.3, 0.4) is 0 Å². The molecule has 0 saturated carbocycles. The number of azo groups is 1. The summed E-state index contributed by atoms with van der Waals surface area (Å²) < 4.78 is 5.23. The van der Waals surface area contributed by atoms with Gasteiger partial charge in [-0.1, -0.05) is 30.3 Å². The van der Waals surface area contributed by atoms with Crippen LogP contribution in [0.1, 0.15) is 5.56 Å². The lowest BCUT2D eigenvalue weighted by Crippen LogP contribution is -1.82. The summed E-state index contributed by atoms with van der Waals surface area (Å²) in [5.74, 6) is 0.846. The van der Waals surface area contributed by atoms with Crippen molar-refractivity contribution in [3.8, 4) is 11.5 Å². The Morgan fingerprint density at radius 2 is 1.77 bits per heavy atom. The summed E-state index contributed by atoms with van der Waals surface area (Å²) in [5, 5.41) is 20.4. The predicted molar refractivity (Wildman–Crippen MR) is 87.5 cm³/mol. The molecule has 0 aliphatic carbocycles. The number of nitrogens with zero attached hydrogens (tertiary/aromatic N) is 2. The van der Waals surface area contributed by atoms with Crippen LogP contribution >= 0.6 is 0 Å². The molecule has 0 bridgehead atoms. The van der Waals surface area contributed by atoms with Crippen LogP contribution < -0.4 is 4.74 Å². The van der Waals surface area contributed by atoms with Gasteiger partial charge in [-0.25, -0.2) is 0 Å². The van der Waals surface area contributed by atoms with E-state index in [1.807, 2.05) is 49.4 Å². The monoisotopic (exact) mass is 292 g/mol. The SMILES string of the molecule is COc1cc(C)cc(N=Nc2c(O)ccc3ccccc23)c1. The van der Waals surface area contributed by atoms with Gasteiger partial charge in [0.15, 0.2) is 0 Å². The highest BCUT2D eigenvalue weighted by atomic mass is 16.5. The summed E-state index contributed by atoms with van der Waals surface area (Å²) in [4.78, 5) is 0. The third kappa shape index (κ3) is 2.76. The quantitative estimate of drug-likeness (QED) is 0.668. The van der Waals surface area contributed by atoms with E-state index in [1.54, 1.807) is 19.2 Å². The first-order valence-electron chi connectivity index (χ1n) is 6.95. The van der Waals surface area contributed by atoms with Crippen LogP contribution in [0.25, 0.3) is 10.8 Å². The van der Waals surface area contributed by atoms with Gasteiger partial charge in [-0.15, -0.1) is 5.11 Å². The number of fused-ring (bicyclic) bond motifs is 1. The van der Waals surface area contributed by atoms with Crippen molar-refractivity contribution in [1.82, 2.24) is 0 Å². The predicted octanol–water partition coefficient (Wildman–Crippen LogP) is 5.28. The van der Waals surface area contributed by atoms with Gasteiger partial charge >= 0.3 is 0 Å². The Morgan fingerprint density at radius 1 is 0.955 bits per heavy atom. The number of rotatable bonds is 3. The summed E-state index contributed by atoms with van der Waals surface area (Å²) >= 11 is 0. The van der Waals surface area contributed by atoms with Crippen LogP contribution in [0.15, 0.2) is 64.8 Å². The molecule has 3 aromatic rings. The number of phenols is 1. The van der Waals surface area contributed by atoms with Crippen LogP contribution in [0.2, 0.25) is 0 Å². The summed E-state index contributed by atoms with van der Waals surface area (Å²) in [5.41, 5.74) is 2.19. The third-order valence-corrected chi connectivity index (χ3v) is 3.42. The fraction of sp³-hybridized carbons (Fsp3) is 0.111. The summed E-state index contributed by atoms with van der Waals surface area (Å²) in [6, 6.07) is 16.9. The van der Waals surface area contributed by atoms with Crippen LogP contribution in [-0.2, 0) is 0 Å². The van der Waals surface area contributed by atoms with Crippen molar-refractivity contribution in [2.45, 2.75) is 6.92 Å². The highest BCUT2D eigenvalue weighted by Gasteiger charge is 2.06. The zero-order valence-corrected chi connectivity index (χ0v) is 12.4. The minimum Gasteiger partial charge on any atom is -0.506 e. The molecule has 3 aromatic carbocycles. The van der Waals surface area contributed by atoms with Gasteiger partial charge in [0.25, 0.3) is 0 Å². The molecule has 0 aliphatic heterocycles. The Labute approximate surface area is 128 Å². The number of hydrogen-bond acceptors (Lipinski definition) is 4. The molecule has 0 heterocycles. The van der Waals surface area contributed by atoms with Crippen LogP contribution in [0.5, 0.6) is 11.5 Å². The maximum absolute atomic E-state index is 10.1. The molecule has 22 heavy (non-hydrogen) atoms. The van der Waals surface area contributed by atoms with Gasteiger partial charge < -0.3 is 9.84 Å². The minimum atomic E-state index is 0.113. The molecule has 0 aromatic heterocycles. The Hall–Kier alpha value is -2.88. The topological polar surface area (TPSA) is 54.2 Å². The molecular weight excluding hydrogens is 276 g/mol. The molecule has 0 radical (unpaired) electrons. The fourth-order valence-electron chi connectivity index (χ4n) is 2.36. The summed E-state index contributed by atoms with van der Waals surface area (Å²) in [6.07, 6.45) is 0. The lowest BCUT2D eigenvalue weighted by atomic mass is 10.1. The van der Waals surface area contributed by atoms with Gasteiger partial charge in [0.05, 0.1) is 12.8 Å². The Balaban J connectivity index is 2.06. The van der Waals surface area contributed by atoms with Crippen molar-refractivity contribution < 1.29 is 9.84 Å². The van der Waals surface area contributed by atoms with E-state index < -0.39 is 0 Å². The molecule has 0 saturated heterocycles. The average Bonchev–Trinajstić information content (AvgIpc) is 2.53. The molecular formula is C18H16N2O2. The molecule has 0 amide bonds. The molecule has 1 N–H and O–H groups in total. The van der Waals surface area contributed by atoms with E-state index in [2.05, 4.69) is 10.2 Å². The summed E-state index contributed by atoms with van der Waals surface area (Å²) in [6.45, 7) is 1.97. The number of ether oxygens (including phenoxy) is 1. The number of aromatic hydroxyl groups is 1. The van der Waals surface area contributed by atoms with Crippen molar-refractivity contribution in [3.05, 3.63) is 60.2 Å². The lowest BCUT2D eigenvalue weighted by molar-refractivity contribution is 0.414. The molecule has 3 rings (SSSR count). The maximum atomic E-state index is 10.1. The van der Waals surface area contributed by atoms with Crippen molar-refractivity contribution in [2.24, 2.45) is 10.2 Å². The second-order valence-electron chi connectivity index (χ2n) is 5.06. The third-order valence-electron chi connectivity index (χ3n) is 3.42. The Kier molecular flexibility index (Phi) is 3.74. The Bertz CT molecular complexity index is 857. The number of hydrogen-bond donors (Lipinski definition) is 1. The van der Waals surface area contributed by atoms with Crippen LogP contribution in [0.4, 0.5) is 11.4 Å². The molecule has 0 unspecified atom stereocenters. The van der Waals surface area contributed by atoms with E-state index in [9.17, 15) is 5.11 Å². The molecule has 0 spiro atoms. The highest BCUT2D eigenvalue weighted by molar-refractivity contribution is 5.95. The molecule has 4 nitrogen and oxygen atoms in total. The first-order valence-corrected chi connectivity index (χ1v) is 6.95. The van der Waals surface area contributed by atoms with Crippen molar-refractivity contribution in [1.29, 1.82) is 0 Å². The van der Waals surface area contributed by atoms with E-state index in [1.165, 1.54) is 0 Å². The summed E-state index contributed by atoms with van der Waals surface area (Å²) in [7, 11) is 1.62. The van der Waals surface area contributed by atoms with Gasteiger partial charge in [-0.3, -0.25) is 0 Å². The highest BCUT2D eigenvalue weighted by Crippen LogP contribution is 2.36. The molecule has 110 valence electrons. The zero-order chi connectivity index (χ0) is 15.5. The van der Waals surface area contributed by atoms with Gasteiger partial charge in [0, 0.05) is 11.5 Å². The number of phenolic OH excluding ortho intramolecular Hbond substituents is 1. The van der Waals surface area contributed by atoms with E-state index >= 15 is 0 Å². The minimum absolute atomic E-state index is 0.113. The van der Waals surface area contributed by atoms with Gasteiger partial charge in [0.2, 0.25) is 0 Å². The molecule has 4 heteroatoms. The second kappa shape index (κ2) is 5.85. The number of aryl methyl sites for hydroxylation is 1. The smallest absolute Gasteiger partial charge is 0.143 e. The number of benzene rings is 3. The lowest BCUT2D eigenvalue weighted by Gasteiger charge is -2.05. The van der Waals surface area contributed by atoms with Crippen LogP contribution in [-0.4, -0.2) is 12.2 Å². The zero-order valence-electron chi connectivity index (χ0n) is 12.4. The average molecular weight is 292 g/mol. The maximum Gasteiger partial charge on any atom is 0.143 e. The first kappa shape index (κ1) is 14.1. The van der Waals surface area contributed by atoms with Gasteiger partial charge in [-0.2, -0.15) is 5.11 Å². The van der Waals surface area contributed by atoms with Crippen LogP contribution in [0, 0.1) is 6.92 Å². The number of methoxy groups -OCH3 is 1. The first-order chi connectivity index (χ1) is 10.7. The molecule has 0 fully saturated rings. The van der Waals surface area contributed by atoms with Crippen molar-refractivity contribution >= 4 is 22.1 Å². The van der Waals surface area contributed by atoms with E-state index in [4.69, 9.17) is 4.74 Å². The normalized spacial score (nSPS) is 11.2. The second-order valence-corrected chi connectivity index (χ2v) is 5.06. The Morgan fingerprint density at radius 3 is 2.59 bits per heavy atom. The van der Waals surface area contributed by atoms with Crippen molar-refractivity contribution in [2.75, 3.05) is 7.11 Å². The fourth-order valence-corrected chi connectivity index (χ4v) is 2.36. The van der Waals surface area contributed by atoms with Gasteiger partial charge in [-0.05, 0) is 36.1 Å². The largest absolute Gasteiger partial charge is 0.506 e. The molecule has 0 atom stereocenters. The van der Waals surface area contributed by atoms with E-state index in [0.29, 0.717) is 11.4 Å².